The Morgan fingerprint density at radius 1 is 1.56 bits per heavy atom. The third-order valence-corrected chi connectivity index (χ3v) is 2.66. The van der Waals surface area contributed by atoms with E-state index < -0.39 is 0 Å². The molecule has 3 N–H and O–H groups in total. The smallest absolute Gasteiger partial charge is 0.255 e. The highest BCUT2D eigenvalue weighted by molar-refractivity contribution is 5.98. The highest BCUT2D eigenvalue weighted by atomic mass is 16.1. The number of aromatic nitrogens is 1. The van der Waals surface area contributed by atoms with Gasteiger partial charge in [0.25, 0.3) is 5.91 Å². The molecule has 1 unspecified atom stereocenters. The molecule has 0 fully saturated rings. The molecule has 4 heteroatoms. The Kier molecular flexibility index (Phi) is 4.28. The van der Waals surface area contributed by atoms with Gasteiger partial charge in [0.15, 0.2) is 0 Å². The number of nitrogen functional groups attached to an aromatic ring is 1. The molecule has 0 aliphatic heterocycles. The Balaban J connectivity index is 2.76. The summed E-state index contributed by atoms with van der Waals surface area (Å²) in [5.74, 6) is 0.262. The molecule has 0 aromatic carbocycles. The van der Waals surface area contributed by atoms with Crippen LogP contribution in [0.2, 0.25) is 0 Å². The molecule has 1 amide bonds. The largest absolute Gasteiger partial charge is 0.398 e. The molecule has 0 aliphatic carbocycles. The van der Waals surface area contributed by atoms with E-state index in [0.29, 0.717) is 17.2 Å². The average Bonchev–Trinajstić information content (AvgIpc) is 2.25. The molecule has 0 saturated heterocycles. The zero-order valence-electron chi connectivity index (χ0n) is 10.0. The summed E-state index contributed by atoms with van der Waals surface area (Å²) in [6.45, 7) is 6.22. The molecule has 1 atom stereocenters. The summed E-state index contributed by atoms with van der Waals surface area (Å²) in [6, 6.07) is 1.80. The highest BCUT2D eigenvalue weighted by Crippen LogP contribution is 2.11. The quantitative estimate of drug-likeness (QED) is 0.815. The lowest BCUT2D eigenvalue weighted by Gasteiger charge is -2.20. The lowest BCUT2D eigenvalue weighted by molar-refractivity contribution is 0.0925. The van der Waals surface area contributed by atoms with Gasteiger partial charge in [-0.25, -0.2) is 0 Å². The first-order valence-electron chi connectivity index (χ1n) is 5.56. The van der Waals surface area contributed by atoms with Gasteiger partial charge in [0.1, 0.15) is 0 Å². The van der Waals surface area contributed by atoms with Gasteiger partial charge in [-0.1, -0.05) is 20.8 Å². The third kappa shape index (κ3) is 2.95. The number of nitrogens with one attached hydrogen (secondary N) is 1. The normalized spacial score (nSPS) is 12.5. The summed E-state index contributed by atoms with van der Waals surface area (Å²) in [5, 5.41) is 2.96. The Morgan fingerprint density at radius 3 is 2.75 bits per heavy atom. The fourth-order valence-electron chi connectivity index (χ4n) is 1.58. The van der Waals surface area contributed by atoms with Crippen molar-refractivity contribution in [2.45, 2.75) is 33.2 Å². The van der Waals surface area contributed by atoms with Crippen molar-refractivity contribution in [1.82, 2.24) is 10.3 Å². The van der Waals surface area contributed by atoms with Crippen LogP contribution in [0.5, 0.6) is 0 Å². The van der Waals surface area contributed by atoms with Crippen molar-refractivity contribution in [2.24, 2.45) is 5.92 Å². The van der Waals surface area contributed by atoms with Crippen LogP contribution in [0.1, 0.15) is 37.6 Å². The van der Waals surface area contributed by atoms with Crippen molar-refractivity contribution in [1.29, 1.82) is 0 Å². The fraction of sp³-hybridized carbons (Fsp3) is 0.500. The molecule has 1 heterocycles. The van der Waals surface area contributed by atoms with Gasteiger partial charge < -0.3 is 11.1 Å². The van der Waals surface area contributed by atoms with E-state index in [9.17, 15) is 4.79 Å². The number of pyridine rings is 1. The summed E-state index contributed by atoms with van der Waals surface area (Å²) in [5.41, 5.74) is 6.62. The second-order valence-corrected chi connectivity index (χ2v) is 4.20. The van der Waals surface area contributed by atoms with Crippen molar-refractivity contribution >= 4 is 11.6 Å². The minimum absolute atomic E-state index is 0.147. The van der Waals surface area contributed by atoms with Crippen LogP contribution in [0.15, 0.2) is 18.5 Å². The zero-order chi connectivity index (χ0) is 12.1. The lowest BCUT2D eigenvalue weighted by Crippen LogP contribution is -2.38. The SMILES string of the molecule is CCC(NC(=O)c1cnccc1N)C(C)C. The minimum Gasteiger partial charge on any atom is -0.398 e. The van der Waals surface area contributed by atoms with Crippen molar-refractivity contribution < 1.29 is 4.79 Å². The van der Waals surface area contributed by atoms with Gasteiger partial charge >= 0.3 is 0 Å². The number of amides is 1. The Bertz CT molecular complexity index is 363. The number of carbonyl (C=O) groups excluding carboxylic acids is 1. The van der Waals surface area contributed by atoms with E-state index >= 15 is 0 Å². The Labute approximate surface area is 96.3 Å². The average molecular weight is 221 g/mol. The zero-order valence-corrected chi connectivity index (χ0v) is 10.0. The summed E-state index contributed by atoms with van der Waals surface area (Å²) in [6.07, 6.45) is 3.98. The standard InChI is InChI=1S/C12H19N3O/c1-4-11(8(2)3)15-12(16)9-7-14-6-5-10(9)13/h5-8,11H,4H2,1-3H3,(H2,13,14)(H,15,16). The van der Waals surface area contributed by atoms with Gasteiger partial charge in [-0.15, -0.1) is 0 Å². The van der Waals surface area contributed by atoms with Crippen molar-refractivity contribution in [2.75, 3.05) is 5.73 Å². The molecule has 0 saturated carbocycles. The number of nitrogens with zero attached hydrogens (tertiary/aromatic N) is 1. The van der Waals surface area contributed by atoms with Gasteiger partial charge in [0, 0.05) is 24.1 Å². The number of rotatable bonds is 4. The number of anilines is 1. The lowest BCUT2D eigenvalue weighted by atomic mass is 10.0. The van der Waals surface area contributed by atoms with Gasteiger partial charge in [-0.3, -0.25) is 9.78 Å². The van der Waals surface area contributed by atoms with Gasteiger partial charge in [-0.05, 0) is 18.4 Å². The highest BCUT2D eigenvalue weighted by Gasteiger charge is 2.16. The fourth-order valence-corrected chi connectivity index (χ4v) is 1.58. The van der Waals surface area contributed by atoms with E-state index in [1.807, 2.05) is 0 Å². The predicted octanol–water partition coefficient (Wildman–Crippen LogP) is 1.83. The van der Waals surface area contributed by atoms with E-state index in [1.54, 1.807) is 12.3 Å². The predicted molar refractivity (Wildman–Crippen MR) is 65.0 cm³/mol. The molecule has 1 aromatic rings. The van der Waals surface area contributed by atoms with Gasteiger partial charge in [0.2, 0.25) is 0 Å². The second-order valence-electron chi connectivity index (χ2n) is 4.20. The van der Waals surface area contributed by atoms with Crippen LogP contribution in [0, 0.1) is 5.92 Å². The molecule has 88 valence electrons. The molecule has 0 spiro atoms. The molecule has 0 bridgehead atoms. The maximum atomic E-state index is 11.9. The van der Waals surface area contributed by atoms with Crippen LogP contribution in [-0.2, 0) is 0 Å². The van der Waals surface area contributed by atoms with Crippen LogP contribution < -0.4 is 11.1 Å². The molecular formula is C12H19N3O. The van der Waals surface area contributed by atoms with Crippen LogP contribution in [0.4, 0.5) is 5.69 Å². The minimum atomic E-state index is -0.147. The molecular weight excluding hydrogens is 202 g/mol. The number of carbonyl (C=O) groups is 1. The number of hydrogen-bond donors (Lipinski definition) is 2. The summed E-state index contributed by atoms with van der Waals surface area (Å²) in [7, 11) is 0. The molecule has 16 heavy (non-hydrogen) atoms. The first kappa shape index (κ1) is 12.5. The summed E-state index contributed by atoms with van der Waals surface area (Å²) >= 11 is 0. The monoisotopic (exact) mass is 221 g/mol. The van der Waals surface area contributed by atoms with E-state index in [1.165, 1.54) is 6.20 Å². The van der Waals surface area contributed by atoms with E-state index in [-0.39, 0.29) is 11.9 Å². The topological polar surface area (TPSA) is 68.0 Å². The molecule has 1 aromatic heterocycles. The van der Waals surface area contributed by atoms with Gasteiger partial charge in [-0.2, -0.15) is 0 Å². The van der Waals surface area contributed by atoms with Crippen molar-refractivity contribution in [3.05, 3.63) is 24.0 Å². The molecule has 1 rings (SSSR count). The summed E-state index contributed by atoms with van der Waals surface area (Å²) < 4.78 is 0. The first-order chi connectivity index (χ1) is 7.56. The third-order valence-electron chi connectivity index (χ3n) is 2.66. The van der Waals surface area contributed by atoms with E-state index in [0.717, 1.165) is 6.42 Å². The van der Waals surface area contributed by atoms with Crippen LogP contribution in [-0.4, -0.2) is 16.9 Å². The first-order valence-corrected chi connectivity index (χ1v) is 5.56. The molecule has 4 nitrogen and oxygen atoms in total. The van der Waals surface area contributed by atoms with E-state index in [2.05, 4.69) is 31.1 Å². The van der Waals surface area contributed by atoms with Crippen LogP contribution >= 0.6 is 0 Å². The maximum Gasteiger partial charge on any atom is 0.255 e. The van der Waals surface area contributed by atoms with Gasteiger partial charge in [0.05, 0.1) is 5.56 Å². The summed E-state index contributed by atoms with van der Waals surface area (Å²) in [4.78, 5) is 15.8. The van der Waals surface area contributed by atoms with Crippen LogP contribution in [0.3, 0.4) is 0 Å². The Morgan fingerprint density at radius 2 is 2.25 bits per heavy atom. The van der Waals surface area contributed by atoms with E-state index in [4.69, 9.17) is 5.73 Å². The number of nitrogens with two attached hydrogens (primary N) is 1. The number of hydrogen-bond acceptors (Lipinski definition) is 3. The molecule has 0 aliphatic rings. The second kappa shape index (κ2) is 5.49. The van der Waals surface area contributed by atoms with Crippen molar-refractivity contribution in [3.8, 4) is 0 Å². The molecule has 0 radical (unpaired) electrons. The van der Waals surface area contributed by atoms with Crippen LogP contribution in [0.25, 0.3) is 0 Å². The maximum absolute atomic E-state index is 11.9. The Hall–Kier alpha value is -1.58. The van der Waals surface area contributed by atoms with Crippen molar-refractivity contribution in [3.63, 3.8) is 0 Å².